The normalized spacial score (nSPS) is 23.4. The summed E-state index contributed by atoms with van der Waals surface area (Å²) < 4.78 is 25.0. The van der Waals surface area contributed by atoms with Crippen molar-refractivity contribution in [3.8, 4) is 17.6 Å². The van der Waals surface area contributed by atoms with E-state index in [1.54, 1.807) is 36.9 Å². The second kappa shape index (κ2) is 10.3. The number of nitrogen functional groups attached to an aromatic ring is 1. The van der Waals surface area contributed by atoms with Gasteiger partial charge in [0, 0.05) is 13.0 Å². The molecule has 0 unspecified atom stereocenters. The number of ether oxygens (including phenoxy) is 4. The van der Waals surface area contributed by atoms with E-state index in [0.29, 0.717) is 48.3 Å². The van der Waals surface area contributed by atoms with Crippen molar-refractivity contribution in [2.24, 2.45) is 0 Å². The largest absolute Gasteiger partial charge is 0.494 e. The highest BCUT2D eigenvalue weighted by Crippen LogP contribution is 2.43. The van der Waals surface area contributed by atoms with Gasteiger partial charge in [-0.25, -0.2) is 19.9 Å². The van der Waals surface area contributed by atoms with E-state index < -0.39 is 30.3 Å². The summed E-state index contributed by atoms with van der Waals surface area (Å²) in [6.07, 6.45) is 1.84. The van der Waals surface area contributed by atoms with Gasteiger partial charge in [-0.1, -0.05) is 5.92 Å². The Labute approximate surface area is 218 Å². The Kier molecular flexibility index (Phi) is 6.94. The lowest BCUT2D eigenvalue weighted by Gasteiger charge is -2.24. The Morgan fingerprint density at radius 1 is 1.26 bits per heavy atom. The van der Waals surface area contributed by atoms with Crippen molar-refractivity contribution < 1.29 is 28.5 Å². The lowest BCUT2D eigenvalue weighted by molar-refractivity contribution is -0.197. The fourth-order valence-corrected chi connectivity index (χ4v) is 4.50. The van der Waals surface area contributed by atoms with Crippen LogP contribution in [0.4, 0.5) is 5.82 Å². The monoisotopic (exact) mass is 521 g/mol. The minimum Gasteiger partial charge on any atom is -0.494 e. The zero-order chi connectivity index (χ0) is 26.9. The highest BCUT2D eigenvalue weighted by Gasteiger charge is 2.58. The van der Waals surface area contributed by atoms with Gasteiger partial charge in [-0.05, 0) is 38.3 Å². The average Bonchev–Trinajstić information content (AvgIpc) is 3.57. The highest BCUT2D eigenvalue weighted by molar-refractivity contribution is 5.83. The van der Waals surface area contributed by atoms with Crippen LogP contribution in [-0.4, -0.2) is 74.4 Å². The van der Waals surface area contributed by atoms with Gasteiger partial charge in [0.2, 0.25) is 0 Å². The molecular formula is C25H27N7O6. The fraction of sp³-hybridized carbons (Fsp3) is 0.440. The molecule has 2 aliphatic rings. The molecule has 3 N–H and O–H groups in total. The number of nitrogens with one attached hydrogen (secondary N) is 1. The summed E-state index contributed by atoms with van der Waals surface area (Å²) in [5, 5.41) is 2.89. The third kappa shape index (κ3) is 4.89. The summed E-state index contributed by atoms with van der Waals surface area (Å²) in [7, 11) is 1.47. The van der Waals surface area contributed by atoms with Crippen molar-refractivity contribution in [3.63, 3.8) is 0 Å². The molecular weight excluding hydrogens is 494 g/mol. The number of hydrogen-bond donors (Lipinski definition) is 2. The maximum atomic E-state index is 13.1. The number of nitrogens with zero attached hydrogens (tertiary/aromatic N) is 5. The number of carbonyl (C=O) groups is 2. The Bertz CT molecular complexity index is 1430. The van der Waals surface area contributed by atoms with Crippen LogP contribution in [-0.2, 0) is 19.0 Å². The van der Waals surface area contributed by atoms with Crippen molar-refractivity contribution in [2.45, 2.75) is 57.0 Å². The van der Waals surface area contributed by atoms with Gasteiger partial charge in [-0.15, -0.1) is 0 Å². The van der Waals surface area contributed by atoms with Crippen LogP contribution in [0.5, 0.6) is 5.75 Å². The van der Waals surface area contributed by atoms with E-state index >= 15 is 0 Å². The van der Waals surface area contributed by atoms with Crippen LogP contribution in [0.15, 0.2) is 24.8 Å². The number of imidazole rings is 1. The average molecular weight is 522 g/mol. The maximum Gasteiger partial charge on any atom is 0.252 e. The number of pyridine rings is 1. The first-order valence-corrected chi connectivity index (χ1v) is 12.0. The predicted octanol–water partition coefficient (Wildman–Crippen LogP) is 0.990. The predicted molar refractivity (Wildman–Crippen MR) is 133 cm³/mol. The number of methoxy groups -OCH3 is 1. The standard InChI is InChI=1S/C25H27N7O6/c1-25(2)37-18-19(36-24(20(18)38-25)32-13-30-17-21(26)28-12-29-22(17)32)23(34)27-10-6-4-5-7-14-8-9-16(35-3)15(11-33)31-14/h8-9,11-13,18-20,24H,4,6,10H2,1-3H3,(H,27,34)(H2,26,28,29)/t18-,19+,20-,24-/m1/s1. The number of hydrogen-bond acceptors (Lipinski definition) is 11. The molecule has 38 heavy (non-hydrogen) atoms. The Balaban J connectivity index is 1.21. The molecule has 198 valence electrons. The number of aldehydes is 1. The van der Waals surface area contributed by atoms with Crippen LogP contribution in [0.1, 0.15) is 49.1 Å². The molecule has 0 bridgehead atoms. The topological polar surface area (TPSA) is 166 Å². The van der Waals surface area contributed by atoms with Crippen molar-refractivity contribution in [1.82, 2.24) is 29.8 Å². The fourth-order valence-electron chi connectivity index (χ4n) is 4.50. The van der Waals surface area contributed by atoms with Gasteiger partial charge < -0.3 is 30.0 Å². The van der Waals surface area contributed by atoms with Gasteiger partial charge in [0.15, 0.2) is 35.9 Å². The zero-order valence-corrected chi connectivity index (χ0v) is 21.1. The van der Waals surface area contributed by atoms with Crippen LogP contribution in [0.3, 0.4) is 0 Å². The van der Waals surface area contributed by atoms with Gasteiger partial charge in [0.05, 0.1) is 13.4 Å². The molecule has 5 heterocycles. The van der Waals surface area contributed by atoms with E-state index in [1.807, 2.05) is 0 Å². The lowest BCUT2D eigenvalue weighted by atomic mass is 10.1. The number of rotatable bonds is 7. The van der Waals surface area contributed by atoms with Crippen molar-refractivity contribution >= 4 is 29.2 Å². The molecule has 13 heteroatoms. The Hall–Kier alpha value is -4.12. The van der Waals surface area contributed by atoms with Gasteiger partial charge in [0.1, 0.15) is 41.2 Å². The second-order valence-electron chi connectivity index (χ2n) is 9.19. The third-order valence-corrected chi connectivity index (χ3v) is 6.16. The molecule has 4 atom stereocenters. The lowest BCUT2D eigenvalue weighted by Crippen LogP contribution is -2.43. The first-order valence-electron chi connectivity index (χ1n) is 12.0. The first-order chi connectivity index (χ1) is 18.3. The number of fused-ring (bicyclic) bond motifs is 2. The summed E-state index contributed by atoms with van der Waals surface area (Å²) in [5.41, 5.74) is 7.49. The molecule has 0 radical (unpaired) electrons. The van der Waals surface area contributed by atoms with Crippen molar-refractivity contribution in [2.75, 3.05) is 19.4 Å². The number of anilines is 1. The molecule has 1 amide bonds. The number of unbranched alkanes of at least 4 members (excludes halogenated alkanes) is 1. The van der Waals surface area contributed by atoms with Gasteiger partial charge >= 0.3 is 0 Å². The molecule has 3 aromatic heterocycles. The van der Waals surface area contributed by atoms with Gasteiger partial charge in [-0.2, -0.15) is 0 Å². The van der Waals surface area contributed by atoms with Gasteiger partial charge in [-0.3, -0.25) is 14.2 Å². The molecule has 0 saturated carbocycles. The van der Waals surface area contributed by atoms with Crippen LogP contribution >= 0.6 is 0 Å². The summed E-state index contributed by atoms with van der Waals surface area (Å²) in [6.45, 7) is 3.96. The molecule has 13 nitrogen and oxygen atoms in total. The number of amides is 1. The molecule has 0 aromatic carbocycles. The van der Waals surface area contributed by atoms with Crippen LogP contribution in [0.2, 0.25) is 0 Å². The first kappa shape index (κ1) is 25.5. The zero-order valence-electron chi connectivity index (χ0n) is 21.1. The highest BCUT2D eigenvalue weighted by atomic mass is 16.8. The van der Waals surface area contributed by atoms with E-state index in [1.165, 1.54) is 13.4 Å². The Morgan fingerprint density at radius 2 is 2.08 bits per heavy atom. The van der Waals surface area contributed by atoms with Crippen LogP contribution in [0, 0.1) is 11.8 Å². The summed E-state index contributed by atoms with van der Waals surface area (Å²) in [4.78, 5) is 40.9. The van der Waals surface area contributed by atoms with E-state index in [2.05, 4.69) is 37.1 Å². The molecule has 2 saturated heterocycles. The molecule has 3 aromatic rings. The van der Waals surface area contributed by atoms with E-state index in [4.69, 9.17) is 24.7 Å². The van der Waals surface area contributed by atoms with Crippen LogP contribution < -0.4 is 15.8 Å². The summed E-state index contributed by atoms with van der Waals surface area (Å²) >= 11 is 0. The minimum absolute atomic E-state index is 0.195. The van der Waals surface area contributed by atoms with E-state index in [9.17, 15) is 9.59 Å². The summed E-state index contributed by atoms with van der Waals surface area (Å²) in [5.74, 6) is 5.35. The molecule has 2 aliphatic heterocycles. The molecule has 0 aliphatic carbocycles. The van der Waals surface area contributed by atoms with E-state index in [0.717, 1.165) is 0 Å². The smallest absolute Gasteiger partial charge is 0.252 e. The SMILES string of the molecule is COc1ccc(C#CCCCNC(=O)[C@H]2O[C@@H](n3cnc4c(N)ncnc43)[C@@H]3OC(C)(C)O[C@@H]32)nc1C=O. The quantitative estimate of drug-likeness (QED) is 0.259. The second-order valence-corrected chi connectivity index (χ2v) is 9.19. The van der Waals surface area contributed by atoms with E-state index in [-0.39, 0.29) is 17.4 Å². The van der Waals surface area contributed by atoms with Crippen molar-refractivity contribution in [1.29, 1.82) is 0 Å². The van der Waals surface area contributed by atoms with Gasteiger partial charge in [0.25, 0.3) is 5.91 Å². The minimum atomic E-state index is -0.903. The Morgan fingerprint density at radius 3 is 2.87 bits per heavy atom. The molecule has 5 rings (SSSR count). The number of carbonyl (C=O) groups excluding carboxylic acids is 2. The van der Waals surface area contributed by atoms with Crippen LogP contribution in [0.25, 0.3) is 11.2 Å². The number of nitrogens with two attached hydrogens (primary N) is 1. The molecule has 2 fully saturated rings. The third-order valence-electron chi connectivity index (χ3n) is 6.16. The van der Waals surface area contributed by atoms with Crippen molar-refractivity contribution in [3.05, 3.63) is 36.2 Å². The maximum absolute atomic E-state index is 13.1. The summed E-state index contributed by atoms with van der Waals surface area (Å²) in [6, 6.07) is 3.33. The molecule has 0 spiro atoms. The number of aromatic nitrogens is 5.